The third-order valence-corrected chi connectivity index (χ3v) is 7.43. The lowest BCUT2D eigenvalue weighted by atomic mass is 9.87. The number of ether oxygens (including phenoxy) is 2. The minimum Gasteiger partial charge on any atom is -0.493 e. The number of likely N-dealkylation sites (tertiary alicyclic amines) is 1. The van der Waals surface area contributed by atoms with Crippen LogP contribution in [-0.4, -0.2) is 61.0 Å². The third-order valence-electron chi connectivity index (χ3n) is 7.43. The van der Waals surface area contributed by atoms with Crippen molar-refractivity contribution in [3.63, 3.8) is 0 Å². The summed E-state index contributed by atoms with van der Waals surface area (Å²) in [5, 5.41) is 2.86. The minimum atomic E-state index is -1.13. The normalized spacial score (nSPS) is 21.9. The third kappa shape index (κ3) is 4.90. The maximum Gasteiger partial charge on any atom is 0.325 e. The molecule has 0 spiro atoms. The molecule has 2 aromatic rings. The van der Waals surface area contributed by atoms with E-state index in [0.717, 1.165) is 48.1 Å². The smallest absolute Gasteiger partial charge is 0.325 e. The first-order valence-corrected chi connectivity index (χ1v) is 12.6. The number of carbonyl (C=O) groups is 3. The molecule has 2 aliphatic heterocycles. The fourth-order valence-electron chi connectivity index (χ4n) is 5.36. The van der Waals surface area contributed by atoms with E-state index in [1.54, 1.807) is 14.2 Å². The van der Waals surface area contributed by atoms with Crippen molar-refractivity contribution in [2.75, 3.05) is 27.3 Å². The quantitative estimate of drug-likeness (QED) is 0.536. The fourth-order valence-corrected chi connectivity index (χ4v) is 5.36. The molecule has 0 saturated carbocycles. The number of urea groups is 1. The number of amides is 4. The van der Waals surface area contributed by atoms with E-state index in [4.69, 9.17) is 9.47 Å². The molecule has 2 heterocycles. The number of imide groups is 1. The maximum absolute atomic E-state index is 13.4. The molecule has 192 valence electrons. The highest BCUT2D eigenvalue weighted by atomic mass is 16.5. The molecule has 8 nitrogen and oxygen atoms in total. The molecule has 0 bridgehead atoms. The maximum atomic E-state index is 13.4. The average molecular weight is 494 g/mol. The first-order chi connectivity index (χ1) is 17.4. The second-order valence-electron chi connectivity index (χ2n) is 9.41. The molecule has 2 aromatic carbocycles. The molecule has 4 amide bonds. The number of methoxy groups -OCH3 is 2. The predicted molar refractivity (Wildman–Crippen MR) is 136 cm³/mol. The Labute approximate surface area is 212 Å². The molecule has 1 N–H and O–H groups in total. The van der Waals surface area contributed by atoms with Crippen molar-refractivity contribution in [1.29, 1.82) is 0 Å². The fraction of sp³-hybridized carbons (Fsp3) is 0.464. The van der Waals surface area contributed by atoms with Gasteiger partial charge < -0.3 is 19.7 Å². The van der Waals surface area contributed by atoms with Crippen LogP contribution >= 0.6 is 0 Å². The molecule has 2 fully saturated rings. The summed E-state index contributed by atoms with van der Waals surface area (Å²) in [7, 11) is 3.23. The lowest BCUT2D eigenvalue weighted by molar-refractivity contribution is -0.141. The summed E-state index contributed by atoms with van der Waals surface area (Å²) in [6.45, 7) is 2.26. The lowest BCUT2D eigenvalue weighted by Crippen LogP contribution is -2.50. The number of nitrogens with zero attached hydrogens (tertiary/aromatic N) is 2. The molecule has 0 aliphatic carbocycles. The molecule has 2 unspecified atom stereocenters. The van der Waals surface area contributed by atoms with Gasteiger partial charge in [0, 0.05) is 12.6 Å². The van der Waals surface area contributed by atoms with Gasteiger partial charge in [-0.1, -0.05) is 43.3 Å². The van der Waals surface area contributed by atoms with E-state index in [1.807, 2.05) is 60.4 Å². The number of aryl methyl sites for hydroxylation is 1. The zero-order chi connectivity index (χ0) is 25.7. The van der Waals surface area contributed by atoms with Crippen molar-refractivity contribution in [2.45, 2.75) is 57.0 Å². The molecule has 0 radical (unpaired) electrons. The van der Waals surface area contributed by atoms with E-state index in [1.165, 1.54) is 0 Å². The van der Waals surface area contributed by atoms with E-state index in [0.29, 0.717) is 24.5 Å². The van der Waals surface area contributed by atoms with Crippen LogP contribution in [0.3, 0.4) is 0 Å². The standard InChI is InChI=1S/C28H35N3O5/c1-4-28(21-10-6-5-7-11-21)26(33)31(27(34)29-28)19-25(32)30-17-9-8-12-22(30)15-13-20-14-16-23(35-2)24(18-20)36-3/h5-7,10-11,14,16,18,22H,4,8-9,12-13,15,17,19H2,1-3H3,(H,29,34). The van der Waals surface area contributed by atoms with Gasteiger partial charge in [0.25, 0.3) is 5.91 Å². The van der Waals surface area contributed by atoms with Gasteiger partial charge in [0.2, 0.25) is 5.91 Å². The Kier molecular flexibility index (Phi) is 7.82. The first kappa shape index (κ1) is 25.5. The van der Waals surface area contributed by atoms with Crippen molar-refractivity contribution in [2.24, 2.45) is 0 Å². The monoisotopic (exact) mass is 493 g/mol. The highest BCUT2D eigenvalue weighted by Gasteiger charge is 2.52. The largest absolute Gasteiger partial charge is 0.493 e. The summed E-state index contributed by atoms with van der Waals surface area (Å²) in [4.78, 5) is 42.6. The molecule has 2 aliphatic rings. The average Bonchev–Trinajstić information content (AvgIpc) is 3.17. The Morgan fingerprint density at radius 3 is 2.50 bits per heavy atom. The Balaban J connectivity index is 1.44. The van der Waals surface area contributed by atoms with Crippen LogP contribution in [0.5, 0.6) is 11.5 Å². The highest BCUT2D eigenvalue weighted by Crippen LogP contribution is 2.33. The van der Waals surface area contributed by atoms with Crippen LogP contribution in [0.4, 0.5) is 4.79 Å². The zero-order valence-corrected chi connectivity index (χ0v) is 21.3. The first-order valence-electron chi connectivity index (χ1n) is 12.6. The van der Waals surface area contributed by atoms with Crippen molar-refractivity contribution < 1.29 is 23.9 Å². The van der Waals surface area contributed by atoms with Gasteiger partial charge in [0.05, 0.1) is 14.2 Å². The summed E-state index contributed by atoms with van der Waals surface area (Å²) < 4.78 is 10.7. The van der Waals surface area contributed by atoms with Crippen LogP contribution in [0.15, 0.2) is 48.5 Å². The molecule has 2 atom stereocenters. The molecular weight excluding hydrogens is 458 g/mol. The van der Waals surface area contributed by atoms with Gasteiger partial charge in [-0.3, -0.25) is 14.5 Å². The Hall–Kier alpha value is -3.55. The van der Waals surface area contributed by atoms with E-state index >= 15 is 0 Å². The van der Waals surface area contributed by atoms with Crippen molar-refractivity contribution >= 4 is 17.8 Å². The Morgan fingerprint density at radius 1 is 1.06 bits per heavy atom. The number of hydrogen-bond donors (Lipinski definition) is 1. The van der Waals surface area contributed by atoms with Gasteiger partial charge in [-0.2, -0.15) is 0 Å². The van der Waals surface area contributed by atoms with Crippen LogP contribution in [0.1, 0.15) is 50.2 Å². The van der Waals surface area contributed by atoms with E-state index in [2.05, 4.69) is 5.32 Å². The second kappa shape index (κ2) is 11.0. The lowest BCUT2D eigenvalue weighted by Gasteiger charge is -2.36. The second-order valence-corrected chi connectivity index (χ2v) is 9.41. The van der Waals surface area contributed by atoms with Crippen LogP contribution in [0, 0.1) is 0 Å². The number of carbonyl (C=O) groups excluding carboxylic acids is 3. The van der Waals surface area contributed by atoms with Crippen molar-refractivity contribution in [1.82, 2.24) is 15.1 Å². The van der Waals surface area contributed by atoms with Crippen molar-refractivity contribution in [3.8, 4) is 11.5 Å². The molecule has 2 saturated heterocycles. The van der Waals surface area contributed by atoms with E-state index in [9.17, 15) is 14.4 Å². The highest BCUT2D eigenvalue weighted by molar-refractivity contribution is 6.09. The number of hydrogen-bond acceptors (Lipinski definition) is 5. The molecule has 36 heavy (non-hydrogen) atoms. The summed E-state index contributed by atoms with van der Waals surface area (Å²) in [6, 6.07) is 14.6. The van der Waals surface area contributed by atoms with Gasteiger partial charge >= 0.3 is 6.03 Å². The summed E-state index contributed by atoms with van der Waals surface area (Å²) in [5.74, 6) is 0.815. The topological polar surface area (TPSA) is 88.2 Å². The molecule has 0 aromatic heterocycles. The SMILES string of the molecule is CCC1(c2ccccc2)NC(=O)N(CC(=O)N2CCCCC2CCc2ccc(OC)c(OC)c2)C1=O. The van der Waals surface area contributed by atoms with Crippen molar-refractivity contribution in [3.05, 3.63) is 59.7 Å². The van der Waals surface area contributed by atoms with Gasteiger partial charge in [-0.15, -0.1) is 0 Å². The zero-order valence-electron chi connectivity index (χ0n) is 21.3. The van der Waals surface area contributed by atoms with E-state index < -0.39 is 11.6 Å². The van der Waals surface area contributed by atoms with Gasteiger partial charge in [0.1, 0.15) is 12.1 Å². The van der Waals surface area contributed by atoms with Crippen LogP contribution in [0.25, 0.3) is 0 Å². The predicted octanol–water partition coefficient (Wildman–Crippen LogP) is 3.87. The molecule has 8 heteroatoms. The number of benzene rings is 2. The number of piperidine rings is 1. The van der Waals surface area contributed by atoms with Gasteiger partial charge in [-0.05, 0) is 61.8 Å². The minimum absolute atomic E-state index is 0.0603. The Morgan fingerprint density at radius 2 is 1.81 bits per heavy atom. The summed E-state index contributed by atoms with van der Waals surface area (Å²) in [5.41, 5.74) is 0.703. The van der Waals surface area contributed by atoms with E-state index in [-0.39, 0.29) is 24.4 Å². The van der Waals surface area contributed by atoms with Crippen LogP contribution < -0.4 is 14.8 Å². The molecular formula is C28H35N3O5. The number of nitrogens with one attached hydrogen (secondary N) is 1. The van der Waals surface area contributed by atoms with Gasteiger partial charge in [0.15, 0.2) is 11.5 Å². The molecule has 4 rings (SSSR count). The van der Waals surface area contributed by atoms with Gasteiger partial charge in [-0.25, -0.2) is 4.79 Å². The summed E-state index contributed by atoms with van der Waals surface area (Å²) >= 11 is 0. The summed E-state index contributed by atoms with van der Waals surface area (Å²) in [6.07, 6.45) is 4.86. The Bertz CT molecular complexity index is 1110. The van der Waals surface area contributed by atoms with Crippen LogP contribution in [0.2, 0.25) is 0 Å². The van der Waals surface area contributed by atoms with Crippen LogP contribution in [-0.2, 0) is 21.5 Å². The number of rotatable bonds is 9.